The molecule has 2 heterocycles. The highest BCUT2D eigenvalue weighted by molar-refractivity contribution is 6.00. The molecule has 2 aromatic rings. The van der Waals surface area contributed by atoms with Crippen LogP contribution in [0.15, 0.2) is 48.3 Å². The molecule has 1 aromatic carbocycles. The van der Waals surface area contributed by atoms with E-state index in [0.717, 1.165) is 11.3 Å². The maximum Gasteiger partial charge on any atom is 0.272 e. The van der Waals surface area contributed by atoms with E-state index >= 15 is 0 Å². The van der Waals surface area contributed by atoms with Crippen molar-refractivity contribution in [2.45, 2.75) is 0 Å². The van der Waals surface area contributed by atoms with Gasteiger partial charge in [0.1, 0.15) is 11.5 Å². The summed E-state index contributed by atoms with van der Waals surface area (Å²) in [6.45, 7) is 0.434. The minimum Gasteiger partial charge on any atom is -0.457 e. The van der Waals surface area contributed by atoms with E-state index in [9.17, 15) is 4.79 Å². The van der Waals surface area contributed by atoms with Gasteiger partial charge in [0.05, 0.1) is 0 Å². The van der Waals surface area contributed by atoms with E-state index in [-0.39, 0.29) is 0 Å². The average molecular weight is 297 g/mol. The van der Waals surface area contributed by atoms with Crippen molar-refractivity contribution in [2.24, 2.45) is 0 Å². The van der Waals surface area contributed by atoms with Gasteiger partial charge in [0, 0.05) is 42.8 Å². The number of fused-ring (bicyclic) bond motifs is 1. The van der Waals surface area contributed by atoms with Crippen LogP contribution in [-0.4, -0.2) is 29.7 Å². The number of benzene rings is 1. The SMILES string of the molecule is CN1CC(C(=O)NO)=Cc2cc(Oc3ccncc3)ccc21. The lowest BCUT2D eigenvalue weighted by molar-refractivity contribution is -0.125. The first-order valence-corrected chi connectivity index (χ1v) is 6.75. The number of nitrogens with one attached hydrogen (secondary N) is 1. The van der Waals surface area contributed by atoms with Crippen molar-refractivity contribution < 1.29 is 14.7 Å². The van der Waals surface area contributed by atoms with Gasteiger partial charge in [-0.15, -0.1) is 0 Å². The highest BCUT2D eigenvalue weighted by atomic mass is 16.5. The number of carbonyl (C=O) groups is 1. The second-order valence-corrected chi connectivity index (χ2v) is 4.97. The van der Waals surface area contributed by atoms with Crippen molar-refractivity contribution in [3.05, 3.63) is 53.9 Å². The maximum atomic E-state index is 11.6. The first-order valence-electron chi connectivity index (χ1n) is 6.75. The first kappa shape index (κ1) is 14.1. The van der Waals surface area contributed by atoms with E-state index in [1.807, 2.05) is 30.1 Å². The number of anilines is 1. The molecule has 22 heavy (non-hydrogen) atoms. The number of aromatic nitrogens is 1. The van der Waals surface area contributed by atoms with Gasteiger partial charge in [-0.25, -0.2) is 5.48 Å². The van der Waals surface area contributed by atoms with Crippen LogP contribution in [0.1, 0.15) is 5.56 Å². The van der Waals surface area contributed by atoms with Crippen molar-refractivity contribution in [3.8, 4) is 11.5 Å². The van der Waals surface area contributed by atoms with Crippen LogP contribution in [0.2, 0.25) is 0 Å². The summed E-state index contributed by atoms with van der Waals surface area (Å²) in [4.78, 5) is 17.5. The Morgan fingerprint density at radius 3 is 2.77 bits per heavy atom. The van der Waals surface area contributed by atoms with E-state index < -0.39 is 5.91 Å². The van der Waals surface area contributed by atoms with Crippen molar-refractivity contribution in [3.63, 3.8) is 0 Å². The molecule has 1 amide bonds. The molecule has 1 aromatic heterocycles. The number of hydroxylamine groups is 1. The molecule has 0 aliphatic carbocycles. The number of pyridine rings is 1. The lowest BCUT2D eigenvalue weighted by atomic mass is 10.0. The summed E-state index contributed by atoms with van der Waals surface area (Å²) in [6.07, 6.45) is 5.07. The van der Waals surface area contributed by atoms with Crippen molar-refractivity contribution >= 4 is 17.7 Å². The van der Waals surface area contributed by atoms with Gasteiger partial charge in [-0.2, -0.15) is 0 Å². The summed E-state index contributed by atoms with van der Waals surface area (Å²) in [5.41, 5.74) is 4.01. The van der Waals surface area contributed by atoms with E-state index in [4.69, 9.17) is 9.94 Å². The van der Waals surface area contributed by atoms with Crippen LogP contribution in [0, 0.1) is 0 Å². The van der Waals surface area contributed by atoms with Crippen LogP contribution < -0.4 is 15.1 Å². The first-order chi connectivity index (χ1) is 10.7. The van der Waals surface area contributed by atoms with Gasteiger partial charge >= 0.3 is 0 Å². The van der Waals surface area contributed by atoms with Crippen molar-refractivity contribution in [2.75, 3.05) is 18.5 Å². The third-order valence-corrected chi connectivity index (χ3v) is 3.43. The summed E-state index contributed by atoms with van der Waals surface area (Å²) in [7, 11) is 1.89. The third-order valence-electron chi connectivity index (χ3n) is 3.43. The van der Waals surface area contributed by atoms with Crippen molar-refractivity contribution in [1.82, 2.24) is 10.5 Å². The van der Waals surface area contributed by atoms with E-state index in [0.29, 0.717) is 23.6 Å². The molecule has 2 N–H and O–H groups in total. The van der Waals surface area contributed by atoms with Gasteiger partial charge < -0.3 is 9.64 Å². The molecule has 6 nitrogen and oxygen atoms in total. The van der Waals surface area contributed by atoms with Gasteiger partial charge in [-0.3, -0.25) is 15.0 Å². The number of ether oxygens (including phenoxy) is 1. The van der Waals surface area contributed by atoms with Gasteiger partial charge in [0.25, 0.3) is 5.91 Å². The second kappa shape index (κ2) is 5.87. The minimum absolute atomic E-state index is 0.434. The molecular formula is C16H15N3O3. The molecule has 6 heteroatoms. The molecule has 0 bridgehead atoms. The summed E-state index contributed by atoms with van der Waals surface area (Å²) >= 11 is 0. The number of hydrogen-bond donors (Lipinski definition) is 2. The fourth-order valence-electron chi connectivity index (χ4n) is 2.38. The Hall–Kier alpha value is -2.86. The lowest BCUT2D eigenvalue weighted by Crippen LogP contribution is -2.31. The van der Waals surface area contributed by atoms with Crippen LogP contribution in [0.4, 0.5) is 5.69 Å². The zero-order valence-electron chi connectivity index (χ0n) is 12.0. The Bertz CT molecular complexity index is 729. The van der Waals surface area contributed by atoms with Gasteiger partial charge in [-0.05, 0) is 36.4 Å². The Kier molecular flexibility index (Phi) is 3.76. The fraction of sp³-hybridized carbons (Fsp3) is 0.125. The van der Waals surface area contributed by atoms with E-state index in [1.54, 1.807) is 36.1 Å². The zero-order valence-corrected chi connectivity index (χ0v) is 12.0. The third kappa shape index (κ3) is 2.77. The predicted molar refractivity (Wildman–Crippen MR) is 81.9 cm³/mol. The Morgan fingerprint density at radius 1 is 1.27 bits per heavy atom. The average Bonchev–Trinajstić information content (AvgIpc) is 2.54. The number of rotatable bonds is 3. The fourth-order valence-corrected chi connectivity index (χ4v) is 2.38. The highest BCUT2D eigenvalue weighted by Gasteiger charge is 2.19. The van der Waals surface area contributed by atoms with Gasteiger partial charge in [0.2, 0.25) is 0 Å². The number of carbonyl (C=O) groups excluding carboxylic acids is 1. The highest BCUT2D eigenvalue weighted by Crippen LogP contribution is 2.32. The largest absolute Gasteiger partial charge is 0.457 e. The predicted octanol–water partition coefficient (Wildman–Crippen LogP) is 2.21. The molecule has 0 radical (unpaired) electrons. The molecule has 112 valence electrons. The summed E-state index contributed by atoms with van der Waals surface area (Å²) < 4.78 is 5.76. The summed E-state index contributed by atoms with van der Waals surface area (Å²) in [5, 5.41) is 8.78. The Morgan fingerprint density at radius 2 is 2.05 bits per heavy atom. The van der Waals surface area contributed by atoms with Gasteiger partial charge in [0.15, 0.2) is 0 Å². The van der Waals surface area contributed by atoms with Crippen LogP contribution in [0.3, 0.4) is 0 Å². The van der Waals surface area contributed by atoms with Crippen LogP contribution >= 0.6 is 0 Å². The molecule has 0 atom stereocenters. The van der Waals surface area contributed by atoms with E-state index in [1.165, 1.54) is 0 Å². The van der Waals surface area contributed by atoms with Crippen LogP contribution in [-0.2, 0) is 4.79 Å². The van der Waals surface area contributed by atoms with Crippen LogP contribution in [0.25, 0.3) is 6.08 Å². The van der Waals surface area contributed by atoms with Gasteiger partial charge in [-0.1, -0.05) is 0 Å². The molecule has 0 spiro atoms. The Labute approximate surface area is 127 Å². The molecule has 3 rings (SSSR count). The molecule has 0 unspecified atom stereocenters. The smallest absolute Gasteiger partial charge is 0.272 e. The second-order valence-electron chi connectivity index (χ2n) is 4.97. The van der Waals surface area contributed by atoms with Crippen LogP contribution in [0.5, 0.6) is 11.5 Å². The number of nitrogens with zero attached hydrogens (tertiary/aromatic N) is 2. The molecule has 0 saturated heterocycles. The minimum atomic E-state index is -0.502. The summed E-state index contributed by atoms with van der Waals surface area (Å²) in [6, 6.07) is 9.21. The molecule has 1 aliphatic rings. The molecule has 0 saturated carbocycles. The quantitative estimate of drug-likeness (QED) is 0.671. The van der Waals surface area contributed by atoms with Crippen molar-refractivity contribution in [1.29, 1.82) is 0 Å². The zero-order chi connectivity index (χ0) is 15.5. The molecule has 1 aliphatic heterocycles. The Balaban J connectivity index is 1.93. The number of hydrogen-bond acceptors (Lipinski definition) is 5. The molecular weight excluding hydrogens is 282 g/mol. The monoisotopic (exact) mass is 297 g/mol. The topological polar surface area (TPSA) is 74.7 Å². The maximum absolute atomic E-state index is 11.6. The lowest BCUT2D eigenvalue weighted by Gasteiger charge is -2.27. The molecule has 0 fully saturated rings. The number of amides is 1. The summed E-state index contributed by atoms with van der Waals surface area (Å²) in [5.74, 6) is 0.856. The standard InChI is InChI=1S/C16H15N3O3/c1-19-10-12(16(20)18-21)8-11-9-14(2-3-15(11)19)22-13-4-6-17-7-5-13/h2-9,21H,10H2,1H3,(H,18,20). The number of likely N-dealkylation sites (N-methyl/N-ethyl adjacent to an activating group) is 1. The van der Waals surface area contributed by atoms with E-state index in [2.05, 4.69) is 4.98 Å². The normalized spacial score (nSPS) is 13.2.